The van der Waals surface area contributed by atoms with Crippen LogP contribution in [0.4, 0.5) is 0 Å². The van der Waals surface area contributed by atoms with Crippen LogP contribution in [0.2, 0.25) is 0 Å². The number of piperidine rings is 1. The number of hydrogen-bond donors (Lipinski definition) is 1. The summed E-state index contributed by atoms with van der Waals surface area (Å²) < 4.78 is 11.9. The second kappa shape index (κ2) is 8.46. The molecule has 0 atom stereocenters. The predicted molar refractivity (Wildman–Crippen MR) is 107 cm³/mol. The van der Waals surface area contributed by atoms with Crippen molar-refractivity contribution in [2.45, 2.75) is 51.7 Å². The predicted octanol–water partition coefficient (Wildman–Crippen LogP) is 3.59. The Balaban J connectivity index is 1.48. The lowest BCUT2D eigenvalue weighted by Gasteiger charge is -2.34. The van der Waals surface area contributed by atoms with Crippen molar-refractivity contribution in [1.82, 2.24) is 15.2 Å². The number of aromatic nitrogens is 1. The van der Waals surface area contributed by atoms with E-state index in [0.717, 1.165) is 43.4 Å². The Labute approximate surface area is 161 Å². The summed E-state index contributed by atoms with van der Waals surface area (Å²) in [6, 6.07) is 10.0. The summed E-state index contributed by atoms with van der Waals surface area (Å²) in [6.07, 6.45) is 4.01. The van der Waals surface area contributed by atoms with Crippen LogP contribution in [0.15, 0.2) is 45.9 Å². The van der Waals surface area contributed by atoms with Gasteiger partial charge in [0.2, 0.25) is 5.89 Å². The molecule has 0 saturated carbocycles. The number of guanidine groups is 1. The summed E-state index contributed by atoms with van der Waals surface area (Å²) in [6.45, 7) is 8.71. The highest BCUT2D eigenvalue weighted by molar-refractivity contribution is 5.79. The van der Waals surface area contributed by atoms with Crippen LogP contribution in [0, 0.1) is 0 Å². The molecule has 1 N–H and O–H groups in total. The average molecular weight is 370 g/mol. The van der Waals surface area contributed by atoms with Gasteiger partial charge in [0.15, 0.2) is 5.96 Å². The number of nitrogens with one attached hydrogen (secondary N) is 1. The van der Waals surface area contributed by atoms with Crippen molar-refractivity contribution in [3.63, 3.8) is 0 Å². The molecule has 0 spiro atoms. The summed E-state index contributed by atoms with van der Waals surface area (Å²) in [4.78, 5) is 11.0. The van der Waals surface area contributed by atoms with E-state index in [-0.39, 0.29) is 11.5 Å². The molecule has 1 aromatic carbocycles. The fourth-order valence-corrected chi connectivity index (χ4v) is 3.10. The van der Waals surface area contributed by atoms with Gasteiger partial charge in [0.05, 0.1) is 12.7 Å². The number of likely N-dealkylation sites (tertiary alicyclic amines) is 1. The maximum Gasteiger partial charge on any atom is 0.213 e. The summed E-state index contributed by atoms with van der Waals surface area (Å²) in [5.41, 5.74) is -0.0342. The molecule has 0 aliphatic carbocycles. The van der Waals surface area contributed by atoms with Gasteiger partial charge in [-0.15, -0.1) is 0 Å². The highest BCUT2D eigenvalue weighted by Gasteiger charge is 2.23. The lowest BCUT2D eigenvalue weighted by atomic mass is 9.94. The molecule has 6 heteroatoms. The first-order valence-corrected chi connectivity index (χ1v) is 9.58. The highest BCUT2D eigenvalue weighted by atomic mass is 16.5. The van der Waals surface area contributed by atoms with Gasteiger partial charge in [-0.2, -0.15) is 0 Å². The van der Waals surface area contributed by atoms with Gasteiger partial charge in [0, 0.05) is 38.4 Å². The van der Waals surface area contributed by atoms with Crippen molar-refractivity contribution >= 4 is 5.96 Å². The minimum Gasteiger partial charge on any atom is -0.490 e. The van der Waals surface area contributed by atoms with E-state index >= 15 is 0 Å². The van der Waals surface area contributed by atoms with Crippen LogP contribution >= 0.6 is 0 Å². The fraction of sp³-hybridized carbons (Fsp3) is 0.524. The first-order chi connectivity index (χ1) is 13.0. The first kappa shape index (κ1) is 19.3. The second-order valence-electron chi connectivity index (χ2n) is 7.89. The molecule has 0 amide bonds. The Bertz CT molecular complexity index is 741. The maximum absolute atomic E-state index is 6.07. The Morgan fingerprint density at radius 3 is 2.56 bits per heavy atom. The third-order valence-electron chi connectivity index (χ3n) is 4.69. The smallest absolute Gasteiger partial charge is 0.213 e. The molecule has 146 valence electrons. The SMILES string of the molecule is CN=C(NCc1ncc(C(C)(C)C)o1)N1CCC(Oc2ccccc2)CC1. The minimum absolute atomic E-state index is 0.0342. The summed E-state index contributed by atoms with van der Waals surface area (Å²) in [7, 11) is 1.81. The molecule has 1 aliphatic heterocycles. The highest BCUT2D eigenvalue weighted by Crippen LogP contribution is 2.23. The van der Waals surface area contributed by atoms with Gasteiger partial charge in [0.25, 0.3) is 0 Å². The average Bonchev–Trinajstić information content (AvgIpc) is 3.14. The van der Waals surface area contributed by atoms with Crippen LogP contribution in [0.3, 0.4) is 0 Å². The van der Waals surface area contributed by atoms with Crippen LogP contribution in [0.5, 0.6) is 5.75 Å². The lowest BCUT2D eigenvalue weighted by molar-refractivity contribution is 0.129. The van der Waals surface area contributed by atoms with Gasteiger partial charge >= 0.3 is 0 Å². The molecule has 0 unspecified atom stereocenters. The molecule has 1 aromatic heterocycles. The van der Waals surface area contributed by atoms with Gasteiger partial charge in [-0.3, -0.25) is 4.99 Å². The molecule has 1 fully saturated rings. The number of nitrogens with zero attached hydrogens (tertiary/aromatic N) is 3. The van der Waals surface area contributed by atoms with Crippen molar-refractivity contribution in [2.75, 3.05) is 20.1 Å². The van der Waals surface area contributed by atoms with Crippen molar-refractivity contribution in [3.8, 4) is 5.75 Å². The number of ether oxygens (including phenoxy) is 1. The van der Waals surface area contributed by atoms with Gasteiger partial charge in [-0.1, -0.05) is 39.0 Å². The Morgan fingerprint density at radius 1 is 1.26 bits per heavy atom. The van der Waals surface area contributed by atoms with Crippen molar-refractivity contribution in [2.24, 2.45) is 4.99 Å². The van der Waals surface area contributed by atoms with E-state index in [1.54, 1.807) is 0 Å². The van der Waals surface area contributed by atoms with Crippen LogP contribution in [0.25, 0.3) is 0 Å². The normalized spacial score (nSPS) is 16.4. The Morgan fingerprint density at radius 2 is 1.96 bits per heavy atom. The second-order valence-corrected chi connectivity index (χ2v) is 7.89. The molecule has 2 heterocycles. The molecule has 1 saturated heterocycles. The monoisotopic (exact) mass is 370 g/mol. The van der Waals surface area contributed by atoms with Crippen molar-refractivity contribution < 1.29 is 9.15 Å². The molecular weight excluding hydrogens is 340 g/mol. The standard InChI is InChI=1S/C21H30N4O2/c1-21(2,3)18-14-23-19(27-18)15-24-20(22-4)25-12-10-17(11-13-25)26-16-8-6-5-7-9-16/h5-9,14,17H,10-13,15H2,1-4H3,(H,22,24). The number of aliphatic imine (C=N–C) groups is 1. The number of oxazole rings is 1. The molecular formula is C21H30N4O2. The van der Waals surface area contributed by atoms with E-state index in [2.05, 4.69) is 41.0 Å². The van der Waals surface area contributed by atoms with Crippen LogP contribution in [0.1, 0.15) is 45.3 Å². The molecule has 3 rings (SSSR count). The molecule has 2 aromatic rings. The van der Waals surface area contributed by atoms with E-state index < -0.39 is 0 Å². The van der Waals surface area contributed by atoms with Gasteiger partial charge in [-0.25, -0.2) is 4.98 Å². The fourth-order valence-electron chi connectivity index (χ4n) is 3.10. The molecule has 1 aliphatic rings. The number of hydrogen-bond acceptors (Lipinski definition) is 4. The summed E-state index contributed by atoms with van der Waals surface area (Å²) in [5, 5.41) is 3.36. The maximum atomic E-state index is 6.07. The number of benzene rings is 1. The number of para-hydroxylation sites is 1. The molecule has 0 bridgehead atoms. The van der Waals surface area contributed by atoms with Crippen molar-refractivity contribution in [1.29, 1.82) is 0 Å². The van der Waals surface area contributed by atoms with Crippen LogP contribution in [-0.4, -0.2) is 42.1 Å². The van der Waals surface area contributed by atoms with E-state index in [9.17, 15) is 0 Å². The van der Waals surface area contributed by atoms with Gasteiger partial charge < -0.3 is 19.4 Å². The number of rotatable bonds is 4. The Hall–Kier alpha value is -2.50. The zero-order valence-corrected chi connectivity index (χ0v) is 16.7. The molecule has 0 radical (unpaired) electrons. The van der Waals surface area contributed by atoms with E-state index in [1.165, 1.54) is 0 Å². The van der Waals surface area contributed by atoms with E-state index in [0.29, 0.717) is 12.4 Å². The third-order valence-corrected chi connectivity index (χ3v) is 4.69. The van der Waals surface area contributed by atoms with Crippen LogP contribution in [-0.2, 0) is 12.0 Å². The summed E-state index contributed by atoms with van der Waals surface area (Å²) >= 11 is 0. The van der Waals surface area contributed by atoms with Gasteiger partial charge in [-0.05, 0) is 12.1 Å². The van der Waals surface area contributed by atoms with E-state index in [1.807, 2.05) is 43.6 Å². The van der Waals surface area contributed by atoms with Gasteiger partial charge in [0.1, 0.15) is 17.6 Å². The van der Waals surface area contributed by atoms with Crippen molar-refractivity contribution in [3.05, 3.63) is 48.2 Å². The molecule has 27 heavy (non-hydrogen) atoms. The van der Waals surface area contributed by atoms with E-state index in [4.69, 9.17) is 9.15 Å². The first-order valence-electron chi connectivity index (χ1n) is 9.58. The molecule has 6 nitrogen and oxygen atoms in total. The van der Waals surface area contributed by atoms with Crippen LogP contribution < -0.4 is 10.1 Å². The zero-order valence-electron chi connectivity index (χ0n) is 16.7. The zero-order chi connectivity index (χ0) is 19.3. The lowest BCUT2D eigenvalue weighted by Crippen LogP contribution is -2.47. The topological polar surface area (TPSA) is 62.9 Å². The minimum atomic E-state index is -0.0342. The third kappa shape index (κ3) is 5.25. The Kier molecular flexibility index (Phi) is 6.04. The quantitative estimate of drug-likeness (QED) is 0.658. The largest absolute Gasteiger partial charge is 0.490 e. The summed E-state index contributed by atoms with van der Waals surface area (Å²) in [5.74, 6) is 3.40.